The number of benzene rings is 1. The van der Waals surface area contributed by atoms with Gasteiger partial charge >= 0.3 is 5.97 Å². The van der Waals surface area contributed by atoms with Crippen molar-refractivity contribution in [3.63, 3.8) is 0 Å². The number of carbonyl (C=O) groups excluding carboxylic acids is 2. The Balaban J connectivity index is 1.14. The van der Waals surface area contributed by atoms with Crippen LogP contribution in [0.25, 0.3) is 0 Å². The molecule has 0 bridgehead atoms. The van der Waals surface area contributed by atoms with Crippen LogP contribution < -0.4 is 15.4 Å². The molecule has 0 saturated heterocycles. The number of ether oxygens (including phenoxy) is 1. The number of thioether (sulfide) groups is 1. The molecule has 3 N–H and O–H groups in total. The Kier molecular flexibility index (Phi) is 7.86. The molecular formula is C24H29ClN2O5S. The summed E-state index contributed by atoms with van der Waals surface area (Å²) in [5.41, 5.74) is 1.75. The maximum atomic E-state index is 12.4. The molecule has 1 aliphatic heterocycles. The van der Waals surface area contributed by atoms with Crippen molar-refractivity contribution in [1.82, 2.24) is 10.6 Å². The molecule has 2 fully saturated rings. The number of aliphatic carboxylic acids is 1. The molecule has 9 heteroatoms. The Morgan fingerprint density at radius 1 is 1.00 bits per heavy atom. The van der Waals surface area contributed by atoms with Crippen LogP contribution in [-0.2, 0) is 9.59 Å². The standard InChI is InChI=1S/C24H29ClN2O5S/c25-21-19(14-1-2-14)13-20(33-21)23(29)27-12-11-26-22(28)15-3-7-17(8-4-15)32-18-9-5-16(6-10-18)24(30)31/h3-4,7-8,14,16,18,20H,1-2,5-6,9-13H2,(H,26,28)(H,27,29)(H,30,31)/t16-,18+,20?. The number of halogens is 1. The van der Waals surface area contributed by atoms with E-state index < -0.39 is 5.97 Å². The first-order valence-electron chi connectivity index (χ1n) is 11.5. The van der Waals surface area contributed by atoms with Crippen molar-refractivity contribution in [2.24, 2.45) is 11.8 Å². The van der Waals surface area contributed by atoms with Gasteiger partial charge in [-0.2, -0.15) is 0 Å². The third-order valence-corrected chi connectivity index (χ3v) is 8.06. The molecule has 1 heterocycles. The molecule has 2 saturated carbocycles. The fourth-order valence-corrected chi connectivity index (χ4v) is 5.97. The zero-order valence-electron chi connectivity index (χ0n) is 18.3. The SMILES string of the molecule is O=C(NCCNC(=O)C1CC(C2CC2)=C(Cl)S1)c1ccc(O[C@H]2CC[C@@H](C(=O)O)CC2)cc1. The first-order valence-corrected chi connectivity index (χ1v) is 12.8. The number of carbonyl (C=O) groups is 3. The number of amides is 2. The second kappa shape index (κ2) is 10.8. The molecule has 0 aromatic heterocycles. The highest BCUT2D eigenvalue weighted by molar-refractivity contribution is 8.06. The Labute approximate surface area is 202 Å². The first-order chi connectivity index (χ1) is 15.9. The van der Waals surface area contributed by atoms with E-state index >= 15 is 0 Å². The van der Waals surface area contributed by atoms with Gasteiger partial charge in [-0.1, -0.05) is 11.6 Å². The van der Waals surface area contributed by atoms with Crippen LogP contribution in [0.15, 0.2) is 34.2 Å². The van der Waals surface area contributed by atoms with Crippen molar-refractivity contribution >= 4 is 41.1 Å². The van der Waals surface area contributed by atoms with Gasteiger partial charge in [-0.3, -0.25) is 14.4 Å². The van der Waals surface area contributed by atoms with Gasteiger partial charge in [-0.15, -0.1) is 11.8 Å². The van der Waals surface area contributed by atoms with E-state index in [1.54, 1.807) is 24.3 Å². The summed E-state index contributed by atoms with van der Waals surface area (Å²) in [5.74, 6) is -0.0109. The summed E-state index contributed by atoms with van der Waals surface area (Å²) in [7, 11) is 0. The van der Waals surface area contributed by atoms with Gasteiger partial charge in [0.25, 0.3) is 5.91 Å². The van der Waals surface area contributed by atoms with E-state index in [2.05, 4.69) is 10.6 Å². The summed E-state index contributed by atoms with van der Waals surface area (Å²) >= 11 is 7.71. The lowest BCUT2D eigenvalue weighted by Gasteiger charge is -2.26. The molecule has 7 nitrogen and oxygen atoms in total. The lowest BCUT2D eigenvalue weighted by Crippen LogP contribution is -2.38. The molecular weight excluding hydrogens is 464 g/mol. The lowest BCUT2D eigenvalue weighted by atomic mass is 9.87. The van der Waals surface area contributed by atoms with Crippen molar-refractivity contribution in [3.05, 3.63) is 39.8 Å². The summed E-state index contributed by atoms with van der Waals surface area (Å²) in [6.45, 7) is 0.696. The highest BCUT2D eigenvalue weighted by atomic mass is 35.5. The summed E-state index contributed by atoms with van der Waals surface area (Å²) in [5, 5.41) is 14.6. The summed E-state index contributed by atoms with van der Waals surface area (Å²) in [4.78, 5) is 35.8. The van der Waals surface area contributed by atoms with Gasteiger partial charge in [0.2, 0.25) is 5.91 Å². The highest BCUT2D eigenvalue weighted by Crippen LogP contribution is 2.50. The van der Waals surface area contributed by atoms with E-state index in [0.717, 1.165) is 10.8 Å². The molecule has 33 heavy (non-hydrogen) atoms. The van der Waals surface area contributed by atoms with E-state index in [9.17, 15) is 14.4 Å². The van der Waals surface area contributed by atoms with Crippen molar-refractivity contribution in [2.75, 3.05) is 13.1 Å². The molecule has 178 valence electrons. The van der Waals surface area contributed by atoms with Crippen LogP contribution in [0.4, 0.5) is 0 Å². The number of hydrogen-bond donors (Lipinski definition) is 3. The first kappa shape index (κ1) is 24.0. The Morgan fingerprint density at radius 2 is 1.67 bits per heavy atom. The number of hydrogen-bond acceptors (Lipinski definition) is 5. The van der Waals surface area contributed by atoms with E-state index in [1.807, 2.05) is 0 Å². The van der Waals surface area contributed by atoms with E-state index in [0.29, 0.717) is 56.0 Å². The van der Waals surface area contributed by atoms with Gasteiger partial charge in [0.05, 0.1) is 21.6 Å². The molecule has 1 unspecified atom stereocenters. The predicted molar refractivity (Wildman–Crippen MR) is 127 cm³/mol. The number of carboxylic acids is 1. The number of carboxylic acid groups (broad SMARTS) is 1. The average molecular weight is 493 g/mol. The van der Waals surface area contributed by atoms with E-state index in [-0.39, 0.29) is 29.1 Å². The normalized spacial score (nSPS) is 24.9. The zero-order valence-corrected chi connectivity index (χ0v) is 19.9. The maximum absolute atomic E-state index is 12.4. The van der Waals surface area contributed by atoms with Gasteiger partial charge in [0.15, 0.2) is 0 Å². The van der Waals surface area contributed by atoms with Crippen LogP contribution in [0.2, 0.25) is 0 Å². The number of rotatable bonds is 9. The molecule has 0 radical (unpaired) electrons. The molecule has 2 amide bonds. The second-order valence-corrected chi connectivity index (χ2v) is 10.7. The topological polar surface area (TPSA) is 105 Å². The minimum Gasteiger partial charge on any atom is -0.490 e. The van der Waals surface area contributed by atoms with E-state index in [4.69, 9.17) is 21.4 Å². The van der Waals surface area contributed by atoms with Crippen molar-refractivity contribution in [3.8, 4) is 5.75 Å². The lowest BCUT2D eigenvalue weighted by molar-refractivity contribution is -0.143. The van der Waals surface area contributed by atoms with Crippen molar-refractivity contribution in [1.29, 1.82) is 0 Å². The summed E-state index contributed by atoms with van der Waals surface area (Å²) in [6.07, 6.45) is 5.77. The minimum absolute atomic E-state index is 0.00681. The molecule has 1 atom stereocenters. The van der Waals surface area contributed by atoms with E-state index in [1.165, 1.54) is 30.2 Å². The summed E-state index contributed by atoms with van der Waals surface area (Å²) in [6, 6.07) is 6.92. The quantitative estimate of drug-likeness (QED) is 0.451. The second-order valence-electron chi connectivity index (χ2n) is 8.88. The minimum atomic E-state index is -0.732. The third kappa shape index (κ3) is 6.44. The molecule has 0 spiro atoms. The van der Waals surface area contributed by atoms with Crippen molar-refractivity contribution in [2.45, 2.75) is 56.3 Å². The average Bonchev–Trinajstić information content (AvgIpc) is 3.58. The van der Waals surface area contributed by atoms with Gasteiger partial charge in [0, 0.05) is 18.7 Å². The molecule has 3 aliphatic rings. The van der Waals surface area contributed by atoms with Gasteiger partial charge < -0.3 is 20.5 Å². The van der Waals surface area contributed by atoms with Gasteiger partial charge in [0.1, 0.15) is 5.75 Å². The largest absolute Gasteiger partial charge is 0.490 e. The Morgan fingerprint density at radius 3 is 2.30 bits per heavy atom. The van der Waals surface area contributed by atoms with Gasteiger partial charge in [-0.05, 0) is 80.7 Å². The number of nitrogens with one attached hydrogen (secondary N) is 2. The van der Waals surface area contributed by atoms with Gasteiger partial charge in [-0.25, -0.2) is 0 Å². The molecule has 1 aromatic carbocycles. The van der Waals surface area contributed by atoms with Crippen LogP contribution in [0.3, 0.4) is 0 Å². The van der Waals surface area contributed by atoms with Crippen LogP contribution >= 0.6 is 23.4 Å². The molecule has 4 rings (SSSR count). The smallest absolute Gasteiger partial charge is 0.306 e. The predicted octanol–water partition coefficient (Wildman–Crippen LogP) is 3.92. The Bertz CT molecular complexity index is 923. The zero-order chi connectivity index (χ0) is 23.4. The summed E-state index contributed by atoms with van der Waals surface area (Å²) < 4.78 is 6.72. The molecule has 1 aromatic rings. The fourth-order valence-electron chi connectivity index (χ4n) is 4.31. The van der Waals surface area contributed by atoms with Crippen LogP contribution in [-0.4, -0.2) is 47.3 Å². The number of allylic oxidation sites excluding steroid dienone is 1. The maximum Gasteiger partial charge on any atom is 0.306 e. The highest BCUT2D eigenvalue weighted by Gasteiger charge is 2.37. The molecule has 2 aliphatic carbocycles. The van der Waals surface area contributed by atoms with Crippen molar-refractivity contribution < 1.29 is 24.2 Å². The monoisotopic (exact) mass is 492 g/mol. The van der Waals surface area contributed by atoms with Crippen LogP contribution in [0.1, 0.15) is 55.3 Å². The third-order valence-electron chi connectivity index (χ3n) is 6.42. The fraction of sp³-hybridized carbons (Fsp3) is 0.542. The van der Waals surface area contributed by atoms with Crippen LogP contribution in [0, 0.1) is 11.8 Å². The van der Waals surface area contributed by atoms with Crippen LogP contribution in [0.5, 0.6) is 5.75 Å². The Hall–Kier alpha value is -2.19.